The zero-order valence-corrected chi connectivity index (χ0v) is 11.1. The van der Waals surface area contributed by atoms with Crippen LogP contribution in [0.15, 0.2) is 42.5 Å². The van der Waals surface area contributed by atoms with E-state index in [0.29, 0.717) is 22.1 Å². The molecule has 0 saturated carbocycles. The molecule has 0 N–H and O–H groups in total. The Morgan fingerprint density at radius 2 is 1.95 bits per heavy atom. The molecule has 0 bridgehead atoms. The number of carbonyl (C=O) groups is 1. The largest absolute Gasteiger partial charge is 0.454 e. The van der Waals surface area contributed by atoms with Gasteiger partial charge in [-0.2, -0.15) is 0 Å². The van der Waals surface area contributed by atoms with Crippen molar-refractivity contribution in [2.45, 2.75) is 0 Å². The maximum Gasteiger partial charge on any atom is 0.231 e. The number of rotatable bonds is 2. The Labute approximate surface area is 118 Å². The number of fused-ring (bicyclic) bond motifs is 2. The van der Waals surface area contributed by atoms with E-state index in [1.807, 2.05) is 24.3 Å². The van der Waals surface area contributed by atoms with E-state index < -0.39 is 0 Å². The molecule has 0 fully saturated rings. The van der Waals surface area contributed by atoms with Crippen LogP contribution in [0.4, 0.5) is 0 Å². The van der Waals surface area contributed by atoms with Crippen LogP contribution in [0.3, 0.4) is 0 Å². The third kappa shape index (κ3) is 1.75. The highest BCUT2D eigenvalue weighted by Crippen LogP contribution is 2.33. The molecule has 2 heterocycles. The van der Waals surface area contributed by atoms with Crippen molar-refractivity contribution < 1.29 is 14.3 Å². The maximum absolute atomic E-state index is 12.5. The monoisotopic (exact) mass is 283 g/mol. The number of aromatic nitrogens is 1. The Morgan fingerprint density at radius 3 is 2.85 bits per heavy atom. The Balaban J connectivity index is 1.76. The normalized spacial score (nSPS) is 12.8. The third-order valence-corrected chi connectivity index (χ3v) is 4.16. The lowest BCUT2D eigenvalue weighted by Crippen LogP contribution is -2.00. The minimum Gasteiger partial charge on any atom is -0.454 e. The molecule has 98 valence electrons. The highest BCUT2D eigenvalue weighted by molar-refractivity contribution is 7.20. The van der Waals surface area contributed by atoms with E-state index in [2.05, 4.69) is 4.98 Å². The summed E-state index contributed by atoms with van der Waals surface area (Å²) >= 11 is 1.40. The lowest BCUT2D eigenvalue weighted by molar-refractivity contribution is 0.103. The van der Waals surface area contributed by atoms with E-state index in [0.717, 1.165) is 10.2 Å². The molecule has 3 aromatic rings. The fourth-order valence-electron chi connectivity index (χ4n) is 2.13. The molecular weight excluding hydrogens is 274 g/mol. The second-order valence-electron chi connectivity index (χ2n) is 4.38. The fourth-order valence-corrected chi connectivity index (χ4v) is 3.06. The van der Waals surface area contributed by atoms with Crippen LogP contribution in [0.2, 0.25) is 0 Å². The second kappa shape index (κ2) is 4.31. The van der Waals surface area contributed by atoms with Gasteiger partial charge in [0.2, 0.25) is 12.6 Å². The molecule has 1 aliphatic rings. The van der Waals surface area contributed by atoms with Crippen molar-refractivity contribution in [1.29, 1.82) is 0 Å². The van der Waals surface area contributed by atoms with E-state index >= 15 is 0 Å². The minimum absolute atomic E-state index is 0.0931. The number of hydrogen-bond acceptors (Lipinski definition) is 5. The van der Waals surface area contributed by atoms with Gasteiger partial charge >= 0.3 is 0 Å². The average molecular weight is 283 g/mol. The van der Waals surface area contributed by atoms with Gasteiger partial charge in [-0.3, -0.25) is 4.79 Å². The van der Waals surface area contributed by atoms with Gasteiger partial charge in [-0.15, -0.1) is 11.3 Å². The predicted octanol–water partition coefficient (Wildman–Crippen LogP) is 3.26. The van der Waals surface area contributed by atoms with Crippen molar-refractivity contribution in [2.24, 2.45) is 0 Å². The van der Waals surface area contributed by atoms with Crippen LogP contribution in [0.5, 0.6) is 11.5 Å². The summed E-state index contributed by atoms with van der Waals surface area (Å²) in [4.78, 5) is 16.8. The molecule has 0 aliphatic carbocycles. The standard InChI is InChI=1S/C15H9NO3S/c17-14(9-5-6-11-12(7-9)19-8-18-11)15-16-10-3-1-2-4-13(10)20-15/h1-7H,8H2. The van der Waals surface area contributed by atoms with E-state index in [9.17, 15) is 4.79 Å². The number of ketones is 1. The number of carbonyl (C=O) groups excluding carboxylic acids is 1. The second-order valence-corrected chi connectivity index (χ2v) is 5.41. The minimum atomic E-state index is -0.0931. The first-order chi connectivity index (χ1) is 9.81. The number of para-hydroxylation sites is 1. The maximum atomic E-state index is 12.5. The predicted molar refractivity (Wildman–Crippen MR) is 75.6 cm³/mol. The van der Waals surface area contributed by atoms with Gasteiger partial charge in [-0.1, -0.05) is 12.1 Å². The number of hydrogen-bond donors (Lipinski definition) is 0. The van der Waals surface area contributed by atoms with Crippen LogP contribution in [-0.4, -0.2) is 17.6 Å². The zero-order chi connectivity index (χ0) is 13.5. The average Bonchev–Trinajstić information content (AvgIpc) is 3.11. The topological polar surface area (TPSA) is 48.4 Å². The summed E-state index contributed by atoms with van der Waals surface area (Å²) in [6.45, 7) is 0.202. The Kier molecular flexibility index (Phi) is 2.47. The highest BCUT2D eigenvalue weighted by Gasteiger charge is 2.19. The van der Waals surface area contributed by atoms with Gasteiger partial charge < -0.3 is 9.47 Å². The first-order valence-electron chi connectivity index (χ1n) is 6.11. The third-order valence-electron chi connectivity index (χ3n) is 3.12. The number of ether oxygens (including phenoxy) is 2. The van der Waals surface area contributed by atoms with Crippen molar-refractivity contribution in [3.8, 4) is 11.5 Å². The SMILES string of the molecule is O=C(c1ccc2c(c1)OCO2)c1nc2ccccc2s1. The molecule has 1 aromatic heterocycles. The summed E-state index contributed by atoms with van der Waals surface area (Å²) in [5, 5.41) is 0.491. The lowest BCUT2D eigenvalue weighted by Gasteiger charge is -1.99. The first kappa shape index (κ1) is 11.4. The first-order valence-corrected chi connectivity index (χ1v) is 6.93. The molecule has 0 saturated heterocycles. The Bertz CT molecular complexity index is 792. The van der Waals surface area contributed by atoms with Crippen LogP contribution >= 0.6 is 11.3 Å². The molecular formula is C15H9NO3S. The van der Waals surface area contributed by atoms with Crippen LogP contribution < -0.4 is 9.47 Å². The van der Waals surface area contributed by atoms with Gasteiger partial charge in [-0.25, -0.2) is 4.98 Å². The molecule has 0 atom stereocenters. The fraction of sp³-hybridized carbons (Fsp3) is 0.0667. The molecule has 4 rings (SSSR count). The van der Waals surface area contributed by atoms with Crippen LogP contribution in [-0.2, 0) is 0 Å². The van der Waals surface area contributed by atoms with Crippen LogP contribution in [0, 0.1) is 0 Å². The van der Waals surface area contributed by atoms with Crippen LogP contribution in [0.25, 0.3) is 10.2 Å². The zero-order valence-electron chi connectivity index (χ0n) is 10.3. The summed E-state index contributed by atoms with van der Waals surface area (Å²) < 4.78 is 11.5. The summed E-state index contributed by atoms with van der Waals surface area (Å²) in [6, 6.07) is 12.9. The van der Waals surface area contributed by atoms with E-state index in [-0.39, 0.29) is 12.6 Å². The summed E-state index contributed by atoms with van der Waals surface area (Å²) in [5.74, 6) is 1.19. The van der Waals surface area contributed by atoms with Gasteiger partial charge in [0, 0.05) is 5.56 Å². The molecule has 0 radical (unpaired) electrons. The molecule has 0 unspecified atom stereocenters. The summed E-state index contributed by atoms with van der Waals surface area (Å²) in [5.41, 5.74) is 1.41. The van der Waals surface area contributed by atoms with Gasteiger partial charge in [0.1, 0.15) is 0 Å². The van der Waals surface area contributed by atoms with Crippen molar-refractivity contribution in [2.75, 3.05) is 6.79 Å². The summed E-state index contributed by atoms with van der Waals surface area (Å²) in [6.07, 6.45) is 0. The van der Waals surface area contributed by atoms with Gasteiger partial charge in [0.05, 0.1) is 10.2 Å². The van der Waals surface area contributed by atoms with E-state index in [1.54, 1.807) is 18.2 Å². The molecule has 0 spiro atoms. The van der Waals surface area contributed by atoms with Crippen molar-refractivity contribution in [3.63, 3.8) is 0 Å². The van der Waals surface area contributed by atoms with E-state index in [1.165, 1.54) is 11.3 Å². The summed E-state index contributed by atoms with van der Waals surface area (Å²) in [7, 11) is 0. The van der Waals surface area contributed by atoms with Gasteiger partial charge in [-0.05, 0) is 30.3 Å². The Morgan fingerprint density at radius 1 is 1.10 bits per heavy atom. The van der Waals surface area contributed by atoms with Gasteiger partial charge in [0.15, 0.2) is 16.5 Å². The van der Waals surface area contributed by atoms with Crippen molar-refractivity contribution >= 4 is 27.3 Å². The molecule has 2 aromatic carbocycles. The molecule has 4 nitrogen and oxygen atoms in total. The van der Waals surface area contributed by atoms with Crippen molar-refractivity contribution in [3.05, 3.63) is 53.0 Å². The van der Waals surface area contributed by atoms with Gasteiger partial charge in [0.25, 0.3) is 0 Å². The molecule has 20 heavy (non-hydrogen) atoms. The number of nitrogens with zero attached hydrogens (tertiary/aromatic N) is 1. The number of benzene rings is 2. The molecule has 5 heteroatoms. The molecule has 1 aliphatic heterocycles. The quantitative estimate of drug-likeness (QED) is 0.677. The molecule has 0 amide bonds. The smallest absolute Gasteiger partial charge is 0.231 e. The number of thiazole rings is 1. The van der Waals surface area contributed by atoms with E-state index in [4.69, 9.17) is 9.47 Å². The highest BCUT2D eigenvalue weighted by atomic mass is 32.1. The van der Waals surface area contributed by atoms with Crippen molar-refractivity contribution in [1.82, 2.24) is 4.98 Å². The Hall–Kier alpha value is -2.40. The van der Waals surface area contributed by atoms with Crippen LogP contribution in [0.1, 0.15) is 15.4 Å². The lowest BCUT2D eigenvalue weighted by atomic mass is 10.1.